The minimum absolute atomic E-state index is 0.0740. The van der Waals surface area contributed by atoms with E-state index in [1.165, 1.54) is 47.0 Å². The summed E-state index contributed by atoms with van der Waals surface area (Å²) in [5.41, 5.74) is 5.15. The smallest absolute Gasteiger partial charge is 0.406 e. The average molecular weight is 635 g/mol. The first-order valence-corrected chi connectivity index (χ1v) is 15.3. The van der Waals surface area contributed by atoms with Crippen LogP contribution in [0.2, 0.25) is 0 Å². The molecule has 0 radical (unpaired) electrons. The number of carbonyl (C=O) groups is 2. The zero-order valence-corrected chi connectivity index (χ0v) is 25.4. The minimum Gasteiger partial charge on any atom is -0.406 e. The Balaban J connectivity index is 1.08. The fourth-order valence-corrected chi connectivity index (χ4v) is 6.08. The lowest BCUT2D eigenvalue weighted by Crippen LogP contribution is -2.32. The van der Waals surface area contributed by atoms with E-state index in [2.05, 4.69) is 39.0 Å². The fourth-order valence-electron chi connectivity index (χ4n) is 5.22. The molecule has 3 aromatic carbocycles. The summed E-state index contributed by atoms with van der Waals surface area (Å²) in [6, 6.07) is 18.5. The highest BCUT2D eigenvalue weighted by atomic mass is 32.2. The van der Waals surface area contributed by atoms with Crippen LogP contribution in [0.3, 0.4) is 0 Å². The van der Waals surface area contributed by atoms with Crippen molar-refractivity contribution in [3.63, 3.8) is 0 Å². The Hall–Kier alpha value is -4.65. The molecular formula is C32H29F3N6O3S. The average Bonchev–Trinajstić information content (AvgIpc) is 3.38. The largest absolute Gasteiger partial charge is 0.573 e. The molecule has 3 amide bonds. The number of aliphatic imine (C=N–C) groups is 1. The quantitative estimate of drug-likeness (QED) is 0.236. The molecule has 45 heavy (non-hydrogen) atoms. The summed E-state index contributed by atoms with van der Waals surface area (Å²) in [5.74, 6) is 0.589. The van der Waals surface area contributed by atoms with Gasteiger partial charge in [0.2, 0.25) is 5.91 Å². The van der Waals surface area contributed by atoms with Crippen LogP contribution in [0.4, 0.5) is 23.7 Å². The van der Waals surface area contributed by atoms with Crippen molar-refractivity contribution in [2.45, 2.75) is 51.4 Å². The van der Waals surface area contributed by atoms with Gasteiger partial charge in [-0.05, 0) is 66.3 Å². The number of alkyl halides is 3. The molecule has 1 aliphatic carbocycles. The number of amidine groups is 1. The van der Waals surface area contributed by atoms with Crippen LogP contribution in [0.1, 0.15) is 48.8 Å². The number of amides is 3. The molecule has 2 atom stereocenters. The number of ether oxygens (including phenoxy) is 1. The standard InChI is InChI=1S/C32H29F3N6O3S/c1-18(2)24-13-4-19(3)14-27(24)41-28(42)16-45-31(41)38-30(43)37-26-15-25(26)20-5-7-21(8-6-20)29-36-17-40(39-29)22-9-11-23(12-10-22)44-32(33,34)35/h4-14,17-18,25-26H,15-16H2,1-3H3,(H,37,43)/b38-31-. The lowest BCUT2D eigenvalue weighted by atomic mass is 9.99. The van der Waals surface area contributed by atoms with Gasteiger partial charge in [0.1, 0.15) is 12.1 Å². The second-order valence-corrected chi connectivity index (χ2v) is 12.1. The molecular weight excluding hydrogens is 605 g/mol. The summed E-state index contributed by atoms with van der Waals surface area (Å²) >= 11 is 1.26. The van der Waals surface area contributed by atoms with Crippen molar-refractivity contribution in [1.29, 1.82) is 0 Å². The van der Waals surface area contributed by atoms with Crippen molar-refractivity contribution in [2.75, 3.05) is 10.7 Å². The minimum atomic E-state index is -4.76. The fraction of sp³-hybridized carbons (Fsp3) is 0.281. The number of aryl methyl sites for hydroxylation is 1. The molecule has 13 heteroatoms. The van der Waals surface area contributed by atoms with Crippen LogP contribution in [0.5, 0.6) is 5.75 Å². The molecule has 1 saturated heterocycles. The van der Waals surface area contributed by atoms with Crippen molar-refractivity contribution >= 4 is 34.6 Å². The first-order valence-electron chi connectivity index (χ1n) is 14.3. The SMILES string of the molecule is Cc1ccc(C(C)C)c(N2C(=O)CS/C2=N\C(=O)NC2CC2c2ccc(-c3ncn(-c4ccc(OC(F)(F)F)cc4)n3)cc2)c1. The summed E-state index contributed by atoms with van der Waals surface area (Å²) in [7, 11) is 0. The van der Waals surface area contributed by atoms with Gasteiger partial charge in [-0.2, -0.15) is 4.99 Å². The molecule has 2 heterocycles. The Labute approximate surface area is 261 Å². The maximum Gasteiger partial charge on any atom is 0.573 e. The molecule has 2 fully saturated rings. The monoisotopic (exact) mass is 634 g/mol. The summed E-state index contributed by atoms with van der Waals surface area (Å²) in [6.45, 7) is 6.10. The Morgan fingerprint density at radius 1 is 1.09 bits per heavy atom. The third-order valence-corrected chi connectivity index (χ3v) is 8.46. The Bertz CT molecular complexity index is 1770. The van der Waals surface area contributed by atoms with Gasteiger partial charge in [0.15, 0.2) is 11.0 Å². The molecule has 1 aliphatic heterocycles. The third-order valence-electron chi connectivity index (χ3n) is 7.53. The number of carbonyl (C=O) groups excluding carboxylic acids is 2. The number of nitrogens with zero attached hydrogens (tertiary/aromatic N) is 5. The number of anilines is 1. The predicted molar refractivity (Wildman–Crippen MR) is 166 cm³/mol. The summed E-state index contributed by atoms with van der Waals surface area (Å²) < 4.78 is 42.6. The lowest BCUT2D eigenvalue weighted by molar-refractivity contribution is -0.274. The molecule has 2 aliphatic rings. The van der Waals surface area contributed by atoms with Gasteiger partial charge < -0.3 is 10.1 Å². The Morgan fingerprint density at radius 2 is 1.82 bits per heavy atom. The summed E-state index contributed by atoms with van der Waals surface area (Å²) in [4.78, 5) is 35.9. The maximum absolute atomic E-state index is 12.9. The van der Waals surface area contributed by atoms with Gasteiger partial charge in [0.25, 0.3) is 0 Å². The first-order chi connectivity index (χ1) is 21.4. The van der Waals surface area contributed by atoms with Crippen LogP contribution in [0.15, 0.2) is 78.0 Å². The highest BCUT2D eigenvalue weighted by Gasteiger charge is 2.40. The van der Waals surface area contributed by atoms with Gasteiger partial charge in [-0.25, -0.2) is 14.5 Å². The molecule has 2 unspecified atom stereocenters. The zero-order valence-electron chi connectivity index (χ0n) is 24.6. The molecule has 1 saturated carbocycles. The van der Waals surface area contributed by atoms with Crippen LogP contribution < -0.4 is 15.0 Å². The number of thioether (sulfide) groups is 1. The molecule has 4 aromatic rings. The van der Waals surface area contributed by atoms with Crippen LogP contribution >= 0.6 is 11.8 Å². The van der Waals surface area contributed by atoms with Gasteiger partial charge in [-0.15, -0.1) is 18.3 Å². The maximum atomic E-state index is 12.9. The number of hydrogen-bond donors (Lipinski definition) is 1. The van der Waals surface area contributed by atoms with E-state index in [1.54, 1.807) is 4.90 Å². The van der Waals surface area contributed by atoms with Crippen molar-refractivity contribution < 1.29 is 27.5 Å². The summed E-state index contributed by atoms with van der Waals surface area (Å²) in [5, 5.41) is 7.79. The second kappa shape index (κ2) is 12.0. The van der Waals surface area contributed by atoms with Crippen molar-refractivity contribution in [2.24, 2.45) is 4.99 Å². The Morgan fingerprint density at radius 3 is 2.51 bits per heavy atom. The van der Waals surface area contributed by atoms with E-state index in [1.807, 2.05) is 49.4 Å². The highest BCUT2D eigenvalue weighted by molar-refractivity contribution is 8.15. The van der Waals surface area contributed by atoms with E-state index >= 15 is 0 Å². The van der Waals surface area contributed by atoms with Gasteiger partial charge >= 0.3 is 12.4 Å². The third kappa shape index (κ3) is 6.88. The molecule has 0 bridgehead atoms. The molecule has 9 nitrogen and oxygen atoms in total. The van der Waals surface area contributed by atoms with Crippen molar-refractivity contribution in [1.82, 2.24) is 20.1 Å². The van der Waals surface area contributed by atoms with Gasteiger partial charge in [0.05, 0.1) is 17.1 Å². The summed E-state index contributed by atoms with van der Waals surface area (Å²) in [6.07, 6.45) is -2.51. The number of rotatable bonds is 7. The van der Waals surface area contributed by atoms with E-state index in [0.717, 1.165) is 34.4 Å². The number of halogens is 3. The molecule has 1 aromatic heterocycles. The van der Waals surface area contributed by atoms with E-state index in [0.29, 0.717) is 16.7 Å². The van der Waals surface area contributed by atoms with Crippen LogP contribution in [0, 0.1) is 6.92 Å². The Kier molecular flexibility index (Phi) is 8.12. The second-order valence-electron chi connectivity index (χ2n) is 11.2. The molecule has 1 N–H and O–H groups in total. The van der Waals surface area contributed by atoms with Gasteiger partial charge in [0, 0.05) is 17.5 Å². The van der Waals surface area contributed by atoms with Crippen LogP contribution in [-0.2, 0) is 4.79 Å². The highest BCUT2D eigenvalue weighted by Crippen LogP contribution is 2.41. The van der Waals surface area contributed by atoms with Gasteiger partial charge in [-0.3, -0.25) is 9.69 Å². The van der Waals surface area contributed by atoms with Crippen molar-refractivity contribution in [3.05, 3.63) is 89.7 Å². The topological polar surface area (TPSA) is 102 Å². The molecule has 232 valence electrons. The van der Waals surface area contributed by atoms with Crippen LogP contribution in [0.25, 0.3) is 17.1 Å². The number of benzene rings is 3. The first kappa shape index (κ1) is 30.4. The number of urea groups is 1. The number of hydrogen-bond acceptors (Lipinski definition) is 6. The van der Waals surface area contributed by atoms with E-state index in [-0.39, 0.29) is 35.3 Å². The van der Waals surface area contributed by atoms with Crippen LogP contribution in [-0.4, -0.2) is 50.0 Å². The molecule has 6 rings (SSSR count). The van der Waals surface area contributed by atoms with E-state index in [9.17, 15) is 22.8 Å². The van der Waals surface area contributed by atoms with Crippen molar-refractivity contribution in [3.8, 4) is 22.8 Å². The lowest BCUT2D eigenvalue weighted by Gasteiger charge is -2.22. The van der Waals surface area contributed by atoms with E-state index in [4.69, 9.17) is 0 Å². The van der Waals surface area contributed by atoms with Gasteiger partial charge in [-0.1, -0.05) is 62.0 Å². The van der Waals surface area contributed by atoms with E-state index < -0.39 is 12.4 Å². The number of aromatic nitrogens is 3. The zero-order chi connectivity index (χ0) is 31.9. The number of nitrogens with one attached hydrogen (secondary N) is 1. The molecule has 0 spiro atoms. The normalized spacial score (nSPS) is 19.0. The predicted octanol–water partition coefficient (Wildman–Crippen LogP) is 6.97.